The third-order valence-electron chi connectivity index (χ3n) is 8.25. The van der Waals surface area contributed by atoms with E-state index in [1.165, 1.54) is 42.7 Å². The van der Waals surface area contributed by atoms with Crippen molar-refractivity contribution in [2.45, 2.75) is 36.6 Å². The number of thioether (sulfide) groups is 1. The summed E-state index contributed by atoms with van der Waals surface area (Å²) < 4.78 is 5.20. The van der Waals surface area contributed by atoms with Gasteiger partial charge in [0.25, 0.3) is 0 Å². The number of thiocarbonyl (C=S) groups is 1. The number of benzene rings is 4. The number of rotatable bonds is 11. The molecule has 2 heterocycles. The maximum atomic E-state index is 14.2. The van der Waals surface area contributed by atoms with Crippen LogP contribution in [0.25, 0.3) is 0 Å². The van der Waals surface area contributed by atoms with Crippen LogP contribution in [0.1, 0.15) is 54.5 Å². The Kier molecular flexibility index (Phi) is 11.4. The van der Waals surface area contributed by atoms with Gasteiger partial charge in [-0.15, -0.1) is 23.1 Å². The predicted octanol–water partition coefficient (Wildman–Crippen LogP) is 8.58. The van der Waals surface area contributed by atoms with Crippen molar-refractivity contribution in [1.29, 1.82) is 0 Å². The molecule has 1 aromatic heterocycles. The van der Waals surface area contributed by atoms with Crippen LogP contribution in [0.4, 0.5) is 16.4 Å². The Morgan fingerprint density at radius 1 is 0.880 bits per heavy atom. The van der Waals surface area contributed by atoms with Crippen LogP contribution in [0.3, 0.4) is 0 Å². The molecule has 0 saturated carbocycles. The number of carbonyl (C=O) groups is 3. The number of anilines is 3. The lowest BCUT2D eigenvalue weighted by Gasteiger charge is -2.27. The monoisotopic (exact) mass is 720 g/mol. The zero-order chi connectivity index (χ0) is 35.0. The SMILES string of the molecule is COC(=O)c1c(NC(=O)C(Sc2cccc(NC(=S)Nc3ccc(C(C)=O)cc3)c2)c2ccccc2)sc2c1CCN(Cc1ccccc1)C2. The van der Waals surface area contributed by atoms with E-state index in [1.807, 2.05) is 72.8 Å². The quantitative estimate of drug-likeness (QED) is 0.0537. The smallest absolute Gasteiger partial charge is 0.341 e. The summed E-state index contributed by atoms with van der Waals surface area (Å²) in [6, 6.07) is 34.7. The summed E-state index contributed by atoms with van der Waals surface area (Å²) in [6.45, 7) is 3.82. The molecule has 0 saturated heterocycles. The van der Waals surface area contributed by atoms with Crippen LogP contribution in [0.2, 0.25) is 0 Å². The number of carbonyl (C=O) groups excluding carboxylic acids is 3. The summed E-state index contributed by atoms with van der Waals surface area (Å²) in [5, 5.41) is 9.76. The molecule has 0 aliphatic carbocycles. The first kappa shape index (κ1) is 35.0. The fourth-order valence-corrected chi connectivity index (χ4v) is 8.38. The van der Waals surface area contributed by atoms with Crippen molar-refractivity contribution >= 4 is 74.5 Å². The molecular formula is C39H36N4O4S3. The molecule has 8 nitrogen and oxygen atoms in total. The lowest BCUT2D eigenvalue weighted by atomic mass is 10.0. The first-order valence-electron chi connectivity index (χ1n) is 16.1. The molecule has 1 atom stereocenters. The minimum atomic E-state index is -0.615. The molecule has 11 heteroatoms. The lowest BCUT2D eigenvalue weighted by Crippen LogP contribution is -2.29. The van der Waals surface area contributed by atoms with Crippen LogP contribution in [-0.2, 0) is 29.0 Å². The Balaban J connectivity index is 1.19. The van der Waals surface area contributed by atoms with E-state index in [4.69, 9.17) is 17.0 Å². The highest BCUT2D eigenvalue weighted by Gasteiger charge is 2.31. The minimum Gasteiger partial charge on any atom is -0.465 e. The van der Waals surface area contributed by atoms with E-state index >= 15 is 0 Å². The Labute approximate surface area is 305 Å². The molecule has 3 N–H and O–H groups in total. The Morgan fingerprint density at radius 2 is 1.58 bits per heavy atom. The van der Waals surface area contributed by atoms with Crippen LogP contribution in [0.15, 0.2) is 114 Å². The van der Waals surface area contributed by atoms with Crippen LogP contribution < -0.4 is 16.0 Å². The van der Waals surface area contributed by atoms with Gasteiger partial charge < -0.3 is 20.7 Å². The zero-order valence-electron chi connectivity index (χ0n) is 27.6. The van der Waals surface area contributed by atoms with Gasteiger partial charge >= 0.3 is 5.97 Å². The molecule has 0 bridgehead atoms. The molecule has 1 aliphatic heterocycles. The van der Waals surface area contributed by atoms with E-state index in [1.54, 1.807) is 24.3 Å². The van der Waals surface area contributed by atoms with Gasteiger partial charge in [0.2, 0.25) is 5.91 Å². The van der Waals surface area contributed by atoms with Crippen molar-refractivity contribution in [2.24, 2.45) is 0 Å². The number of methoxy groups -OCH3 is 1. The zero-order valence-corrected chi connectivity index (χ0v) is 30.1. The van der Waals surface area contributed by atoms with Crippen LogP contribution in [-0.4, -0.2) is 41.3 Å². The molecule has 1 unspecified atom stereocenters. The Morgan fingerprint density at radius 3 is 2.28 bits per heavy atom. The number of ether oxygens (including phenoxy) is 1. The van der Waals surface area contributed by atoms with Crippen molar-refractivity contribution in [2.75, 3.05) is 29.6 Å². The number of Topliss-reactive ketones (excluding diaryl/α,β-unsaturated/α-hetero) is 1. The van der Waals surface area contributed by atoms with Crippen molar-refractivity contribution in [3.8, 4) is 0 Å². The van der Waals surface area contributed by atoms with Gasteiger partial charge in [-0.05, 0) is 84.7 Å². The van der Waals surface area contributed by atoms with Gasteiger partial charge in [-0.3, -0.25) is 14.5 Å². The van der Waals surface area contributed by atoms with E-state index in [2.05, 4.69) is 33.0 Å². The summed E-state index contributed by atoms with van der Waals surface area (Å²) >= 11 is 8.40. The average Bonchev–Trinajstić information content (AvgIpc) is 3.48. The maximum absolute atomic E-state index is 14.2. The molecule has 0 fully saturated rings. The van der Waals surface area contributed by atoms with E-state index in [9.17, 15) is 14.4 Å². The van der Waals surface area contributed by atoms with E-state index in [0.717, 1.165) is 45.4 Å². The second kappa shape index (κ2) is 16.3. The number of hydrogen-bond acceptors (Lipinski definition) is 8. The number of nitrogens with one attached hydrogen (secondary N) is 3. The highest BCUT2D eigenvalue weighted by atomic mass is 32.2. The number of esters is 1. The van der Waals surface area contributed by atoms with E-state index in [-0.39, 0.29) is 11.7 Å². The van der Waals surface area contributed by atoms with E-state index in [0.29, 0.717) is 34.2 Å². The third kappa shape index (κ3) is 8.67. The Bertz CT molecular complexity index is 2000. The van der Waals surface area contributed by atoms with Gasteiger partial charge in [0.05, 0.1) is 12.7 Å². The summed E-state index contributed by atoms with van der Waals surface area (Å²) in [6.07, 6.45) is 0.691. The van der Waals surface area contributed by atoms with Gasteiger partial charge in [0.1, 0.15) is 10.3 Å². The molecule has 1 amide bonds. The highest BCUT2D eigenvalue weighted by molar-refractivity contribution is 8.00. The fourth-order valence-electron chi connectivity index (χ4n) is 5.78. The Hall–Kier alpha value is -4.81. The molecule has 50 heavy (non-hydrogen) atoms. The summed E-state index contributed by atoms with van der Waals surface area (Å²) in [5.74, 6) is -0.689. The summed E-state index contributed by atoms with van der Waals surface area (Å²) in [5.41, 5.74) is 5.58. The summed E-state index contributed by atoms with van der Waals surface area (Å²) in [7, 11) is 1.37. The second-order valence-corrected chi connectivity index (χ2v) is 14.5. The molecule has 0 spiro atoms. The topological polar surface area (TPSA) is 99.8 Å². The third-order valence-corrected chi connectivity index (χ3v) is 10.8. The fraction of sp³-hybridized carbons (Fsp3) is 0.179. The second-order valence-electron chi connectivity index (χ2n) is 11.8. The van der Waals surface area contributed by atoms with Crippen molar-refractivity contribution < 1.29 is 19.1 Å². The van der Waals surface area contributed by atoms with Crippen molar-refractivity contribution in [1.82, 2.24) is 4.90 Å². The average molecular weight is 721 g/mol. The van der Waals surface area contributed by atoms with Crippen LogP contribution in [0, 0.1) is 0 Å². The molecule has 4 aromatic carbocycles. The minimum absolute atomic E-state index is 0.00154. The molecule has 5 aromatic rings. The number of nitrogens with zero attached hydrogens (tertiary/aromatic N) is 1. The van der Waals surface area contributed by atoms with Crippen molar-refractivity contribution in [3.63, 3.8) is 0 Å². The first-order chi connectivity index (χ1) is 24.3. The van der Waals surface area contributed by atoms with Gasteiger partial charge in [-0.1, -0.05) is 66.7 Å². The molecule has 254 valence electrons. The number of amides is 1. The number of fused-ring (bicyclic) bond motifs is 1. The first-order valence-corrected chi connectivity index (χ1v) is 18.2. The molecule has 1 aliphatic rings. The van der Waals surface area contributed by atoms with Gasteiger partial charge in [-0.2, -0.15) is 0 Å². The standard InChI is InChI=1S/C39H36N4O4S3/c1-25(44)27-16-18-29(19-17-27)40-39(48)41-30-14-9-15-31(22-30)49-35(28-12-7-4-8-13-28)36(45)42-37-34(38(46)47-2)32-20-21-43(24-33(32)50-37)23-26-10-5-3-6-11-26/h3-19,22,35H,20-21,23-24H2,1-2H3,(H,42,45)(H2,40,41,48). The van der Waals surface area contributed by atoms with Crippen LogP contribution >= 0.6 is 35.3 Å². The maximum Gasteiger partial charge on any atom is 0.341 e. The molecule has 0 radical (unpaired) electrons. The largest absolute Gasteiger partial charge is 0.465 e. The highest BCUT2D eigenvalue weighted by Crippen LogP contribution is 2.41. The van der Waals surface area contributed by atoms with Gasteiger partial charge in [-0.25, -0.2) is 4.79 Å². The van der Waals surface area contributed by atoms with Gasteiger partial charge in [0.15, 0.2) is 10.9 Å². The lowest BCUT2D eigenvalue weighted by molar-refractivity contribution is -0.115. The van der Waals surface area contributed by atoms with Crippen LogP contribution in [0.5, 0.6) is 0 Å². The van der Waals surface area contributed by atoms with E-state index < -0.39 is 11.2 Å². The number of ketones is 1. The number of hydrogen-bond donors (Lipinski definition) is 3. The summed E-state index contributed by atoms with van der Waals surface area (Å²) in [4.78, 5) is 43.2. The molecule has 6 rings (SSSR count). The molecular weight excluding hydrogens is 685 g/mol. The van der Waals surface area contributed by atoms with Gasteiger partial charge in [0, 0.05) is 46.3 Å². The predicted molar refractivity (Wildman–Crippen MR) is 206 cm³/mol. The normalized spacial score (nSPS) is 13.1. The number of thiophene rings is 1. The van der Waals surface area contributed by atoms with Crippen molar-refractivity contribution in [3.05, 3.63) is 142 Å².